The molecule has 0 saturated heterocycles. The first-order valence-corrected chi connectivity index (χ1v) is 6.53. The van der Waals surface area contributed by atoms with Gasteiger partial charge in [-0.15, -0.1) is 0 Å². The second-order valence-electron chi connectivity index (χ2n) is 4.61. The van der Waals surface area contributed by atoms with Crippen molar-refractivity contribution in [3.05, 3.63) is 0 Å². The SMILES string of the molecule is CC(CN)CS(=O)CCOC(C)(C)C. The van der Waals surface area contributed by atoms with E-state index in [1.165, 1.54) is 0 Å². The predicted molar refractivity (Wildman–Crippen MR) is 61.8 cm³/mol. The minimum absolute atomic E-state index is 0.135. The largest absolute Gasteiger partial charge is 0.375 e. The zero-order valence-corrected chi connectivity index (χ0v) is 10.5. The topological polar surface area (TPSA) is 52.3 Å². The van der Waals surface area contributed by atoms with Crippen LogP contribution in [-0.2, 0) is 15.5 Å². The molecule has 4 heteroatoms. The molecule has 2 unspecified atom stereocenters. The summed E-state index contributed by atoms with van der Waals surface area (Å²) in [7, 11) is -0.790. The molecule has 0 aromatic carbocycles. The van der Waals surface area contributed by atoms with E-state index in [9.17, 15) is 4.21 Å². The maximum absolute atomic E-state index is 11.5. The van der Waals surface area contributed by atoms with Gasteiger partial charge < -0.3 is 10.5 Å². The van der Waals surface area contributed by atoms with E-state index >= 15 is 0 Å². The van der Waals surface area contributed by atoms with Crippen molar-refractivity contribution in [3.8, 4) is 0 Å². The normalized spacial score (nSPS) is 16.6. The fourth-order valence-corrected chi connectivity index (χ4v) is 2.12. The summed E-state index contributed by atoms with van der Waals surface area (Å²) in [4.78, 5) is 0. The second-order valence-corrected chi connectivity index (χ2v) is 6.23. The molecule has 2 atom stereocenters. The number of nitrogens with two attached hydrogens (primary N) is 1. The van der Waals surface area contributed by atoms with E-state index < -0.39 is 10.8 Å². The van der Waals surface area contributed by atoms with Gasteiger partial charge in [0, 0.05) is 22.3 Å². The van der Waals surface area contributed by atoms with Gasteiger partial charge in [0.05, 0.1) is 12.2 Å². The third-order valence-corrected chi connectivity index (χ3v) is 3.28. The predicted octanol–water partition coefficient (Wildman–Crippen LogP) is 1.14. The van der Waals surface area contributed by atoms with Crippen LogP contribution in [-0.4, -0.2) is 34.5 Å². The second kappa shape index (κ2) is 6.53. The summed E-state index contributed by atoms with van der Waals surface area (Å²) in [5.74, 6) is 1.64. The van der Waals surface area contributed by atoms with Crippen LogP contribution in [0.1, 0.15) is 27.7 Å². The summed E-state index contributed by atoms with van der Waals surface area (Å²) < 4.78 is 17.0. The van der Waals surface area contributed by atoms with E-state index in [4.69, 9.17) is 10.5 Å². The van der Waals surface area contributed by atoms with Gasteiger partial charge in [0.1, 0.15) is 0 Å². The lowest BCUT2D eigenvalue weighted by Gasteiger charge is -2.19. The van der Waals surface area contributed by atoms with Gasteiger partial charge in [-0.05, 0) is 33.2 Å². The Morgan fingerprint density at radius 3 is 2.43 bits per heavy atom. The van der Waals surface area contributed by atoms with E-state index in [1.807, 2.05) is 27.7 Å². The zero-order chi connectivity index (χ0) is 11.2. The summed E-state index contributed by atoms with van der Waals surface area (Å²) in [5, 5.41) is 0. The van der Waals surface area contributed by atoms with Crippen LogP contribution >= 0.6 is 0 Å². The Morgan fingerprint density at radius 2 is 2.00 bits per heavy atom. The lowest BCUT2D eigenvalue weighted by Crippen LogP contribution is -2.24. The smallest absolute Gasteiger partial charge is 0.0598 e. The molecule has 0 rings (SSSR count). The van der Waals surface area contributed by atoms with Crippen molar-refractivity contribution < 1.29 is 8.95 Å². The summed E-state index contributed by atoms with van der Waals surface area (Å²) >= 11 is 0. The molecule has 0 aromatic rings. The van der Waals surface area contributed by atoms with Gasteiger partial charge in [-0.1, -0.05) is 6.92 Å². The van der Waals surface area contributed by atoms with E-state index in [0.29, 0.717) is 30.6 Å². The lowest BCUT2D eigenvalue weighted by atomic mass is 10.2. The highest BCUT2D eigenvalue weighted by atomic mass is 32.2. The molecular weight excluding hydrogens is 198 g/mol. The van der Waals surface area contributed by atoms with Crippen LogP contribution in [0.3, 0.4) is 0 Å². The molecule has 0 fully saturated rings. The standard InChI is InChI=1S/C10H23NO2S/c1-9(7-11)8-14(12)6-5-13-10(2,3)4/h9H,5-8,11H2,1-4H3. The van der Waals surface area contributed by atoms with Gasteiger partial charge in [-0.2, -0.15) is 0 Å². The Kier molecular flexibility index (Phi) is 6.57. The van der Waals surface area contributed by atoms with E-state index in [0.717, 1.165) is 0 Å². The first-order chi connectivity index (χ1) is 6.35. The Labute approximate surface area is 89.9 Å². The molecule has 0 bridgehead atoms. The molecule has 0 amide bonds. The molecule has 0 aliphatic carbocycles. The average Bonchev–Trinajstić information content (AvgIpc) is 2.01. The Morgan fingerprint density at radius 1 is 1.43 bits per heavy atom. The van der Waals surface area contributed by atoms with Crippen molar-refractivity contribution in [1.29, 1.82) is 0 Å². The van der Waals surface area contributed by atoms with Crippen molar-refractivity contribution in [2.24, 2.45) is 11.7 Å². The first-order valence-electron chi connectivity index (χ1n) is 5.04. The van der Waals surface area contributed by atoms with E-state index in [2.05, 4.69) is 0 Å². The molecule has 0 aliphatic rings. The summed E-state index contributed by atoms with van der Waals surface area (Å²) in [5.41, 5.74) is 5.32. The Balaban J connectivity index is 3.55. The fourth-order valence-electron chi connectivity index (χ4n) is 0.910. The molecule has 0 radical (unpaired) electrons. The van der Waals surface area contributed by atoms with E-state index in [-0.39, 0.29) is 5.60 Å². The molecule has 3 nitrogen and oxygen atoms in total. The third-order valence-electron chi connectivity index (χ3n) is 1.72. The van der Waals surface area contributed by atoms with E-state index in [1.54, 1.807) is 0 Å². The van der Waals surface area contributed by atoms with Gasteiger partial charge in [0.25, 0.3) is 0 Å². The number of hydrogen-bond donors (Lipinski definition) is 1. The summed E-state index contributed by atoms with van der Waals surface area (Å²) in [6.07, 6.45) is 0. The lowest BCUT2D eigenvalue weighted by molar-refractivity contribution is 0.00668. The number of hydrogen-bond acceptors (Lipinski definition) is 3. The van der Waals surface area contributed by atoms with Gasteiger partial charge in [0.15, 0.2) is 0 Å². The summed E-state index contributed by atoms with van der Waals surface area (Å²) in [6.45, 7) is 9.18. The summed E-state index contributed by atoms with van der Waals surface area (Å²) in [6, 6.07) is 0. The maximum atomic E-state index is 11.5. The van der Waals surface area contributed by atoms with Crippen molar-refractivity contribution in [1.82, 2.24) is 0 Å². The first kappa shape index (κ1) is 14.1. The third kappa shape index (κ3) is 8.66. The highest BCUT2D eigenvalue weighted by Crippen LogP contribution is 2.06. The van der Waals surface area contributed by atoms with Crippen LogP contribution in [0, 0.1) is 5.92 Å². The molecular formula is C10H23NO2S. The van der Waals surface area contributed by atoms with Gasteiger partial charge >= 0.3 is 0 Å². The highest BCUT2D eigenvalue weighted by Gasteiger charge is 2.11. The molecule has 14 heavy (non-hydrogen) atoms. The van der Waals surface area contributed by atoms with Crippen LogP contribution < -0.4 is 5.73 Å². The molecule has 2 N–H and O–H groups in total. The van der Waals surface area contributed by atoms with Crippen molar-refractivity contribution in [2.45, 2.75) is 33.3 Å². The molecule has 0 heterocycles. The molecule has 86 valence electrons. The number of rotatable bonds is 6. The van der Waals surface area contributed by atoms with Crippen LogP contribution in [0.2, 0.25) is 0 Å². The Bertz CT molecular complexity index is 177. The van der Waals surface area contributed by atoms with Crippen molar-refractivity contribution in [2.75, 3.05) is 24.7 Å². The Hall–Kier alpha value is 0.0700. The fraction of sp³-hybridized carbons (Fsp3) is 1.00. The van der Waals surface area contributed by atoms with Gasteiger partial charge in [0.2, 0.25) is 0 Å². The maximum Gasteiger partial charge on any atom is 0.0598 e. The molecule has 0 aliphatic heterocycles. The van der Waals surface area contributed by atoms with Gasteiger partial charge in [-0.25, -0.2) is 0 Å². The average molecular weight is 221 g/mol. The van der Waals surface area contributed by atoms with Crippen molar-refractivity contribution in [3.63, 3.8) is 0 Å². The minimum atomic E-state index is -0.790. The van der Waals surface area contributed by atoms with Gasteiger partial charge in [-0.3, -0.25) is 4.21 Å². The van der Waals surface area contributed by atoms with Crippen LogP contribution in [0.15, 0.2) is 0 Å². The number of ether oxygens (including phenoxy) is 1. The molecule has 0 spiro atoms. The molecule has 0 aromatic heterocycles. The molecule has 0 saturated carbocycles. The van der Waals surface area contributed by atoms with Crippen LogP contribution in [0.5, 0.6) is 0 Å². The monoisotopic (exact) mass is 221 g/mol. The minimum Gasteiger partial charge on any atom is -0.375 e. The highest BCUT2D eigenvalue weighted by molar-refractivity contribution is 7.85. The van der Waals surface area contributed by atoms with Crippen LogP contribution in [0.25, 0.3) is 0 Å². The van der Waals surface area contributed by atoms with Crippen molar-refractivity contribution >= 4 is 10.8 Å². The quantitative estimate of drug-likeness (QED) is 0.732. The zero-order valence-electron chi connectivity index (χ0n) is 9.71. The van der Waals surface area contributed by atoms with Crippen LogP contribution in [0.4, 0.5) is 0 Å².